The van der Waals surface area contributed by atoms with E-state index in [0.717, 1.165) is 31.9 Å². The molecule has 0 bridgehead atoms. The van der Waals surface area contributed by atoms with Crippen LogP contribution in [-0.4, -0.2) is 37.2 Å². The molecule has 1 aromatic carbocycles. The standard InChI is InChI=1S/C15H24N2O/c1-13-5-2-7-15(11-13)18-10-4-9-17-8-3-6-14(16)12-17/h2,5,7,11,14H,3-4,6,8-10,12,16H2,1H3/t14-/m1/s1. The van der Waals surface area contributed by atoms with Crippen LogP contribution in [0.3, 0.4) is 0 Å². The van der Waals surface area contributed by atoms with Crippen LogP contribution in [0.15, 0.2) is 24.3 Å². The van der Waals surface area contributed by atoms with Gasteiger partial charge in [-0.15, -0.1) is 0 Å². The molecule has 2 N–H and O–H groups in total. The minimum absolute atomic E-state index is 0.372. The zero-order valence-corrected chi connectivity index (χ0v) is 11.3. The summed E-state index contributed by atoms with van der Waals surface area (Å²) in [5, 5.41) is 0. The van der Waals surface area contributed by atoms with Gasteiger partial charge in [-0.05, 0) is 50.4 Å². The number of ether oxygens (including phenoxy) is 1. The maximum absolute atomic E-state index is 5.96. The van der Waals surface area contributed by atoms with E-state index < -0.39 is 0 Å². The molecule has 0 radical (unpaired) electrons. The molecule has 1 saturated heterocycles. The largest absolute Gasteiger partial charge is 0.494 e. The van der Waals surface area contributed by atoms with E-state index in [2.05, 4.69) is 24.0 Å². The van der Waals surface area contributed by atoms with E-state index in [-0.39, 0.29) is 0 Å². The van der Waals surface area contributed by atoms with Crippen LogP contribution in [0.1, 0.15) is 24.8 Å². The molecule has 1 aliphatic rings. The summed E-state index contributed by atoms with van der Waals surface area (Å²) in [7, 11) is 0. The molecular weight excluding hydrogens is 224 g/mol. The second-order valence-electron chi connectivity index (χ2n) is 5.22. The molecule has 3 nitrogen and oxygen atoms in total. The van der Waals surface area contributed by atoms with Crippen LogP contribution >= 0.6 is 0 Å². The Morgan fingerprint density at radius 3 is 3.11 bits per heavy atom. The topological polar surface area (TPSA) is 38.5 Å². The minimum atomic E-state index is 0.372. The van der Waals surface area contributed by atoms with E-state index in [1.54, 1.807) is 0 Å². The van der Waals surface area contributed by atoms with Crippen molar-refractivity contribution in [3.8, 4) is 5.75 Å². The van der Waals surface area contributed by atoms with E-state index in [1.165, 1.54) is 24.9 Å². The first kappa shape index (κ1) is 13.4. The molecule has 0 spiro atoms. The molecule has 1 atom stereocenters. The highest BCUT2D eigenvalue weighted by Crippen LogP contribution is 2.13. The van der Waals surface area contributed by atoms with Crippen LogP contribution < -0.4 is 10.5 Å². The highest BCUT2D eigenvalue weighted by molar-refractivity contribution is 5.27. The summed E-state index contributed by atoms with van der Waals surface area (Å²) in [5.41, 5.74) is 7.21. The average Bonchev–Trinajstić information content (AvgIpc) is 2.35. The lowest BCUT2D eigenvalue weighted by atomic mass is 10.1. The quantitative estimate of drug-likeness (QED) is 0.812. The number of likely N-dealkylation sites (tertiary alicyclic amines) is 1. The summed E-state index contributed by atoms with van der Waals surface area (Å²) in [6, 6.07) is 8.59. The highest BCUT2D eigenvalue weighted by atomic mass is 16.5. The van der Waals surface area contributed by atoms with Crippen molar-refractivity contribution in [2.75, 3.05) is 26.2 Å². The molecule has 1 aliphatic heterocycles. The summed E-state index contributed by atoms with van der Waals surface area (Å²) in [6.45, 7) is 6.21. The Morgan fingerprint density at radius 2 is 2.33 bits per heavy atom. The molecule has 0 saturated carbocycles. The van der Waals surface area contributed by atoms with Gasteiger partial charge in [0.2, 0.25) is 0 Å². The fraction of sp³-hybridized carbons (Fsp3) is 0.600. The van der Waals surface area contributed by atoms with Crippen LogP contribution in [0, 0.1) is 6.92 Å². The van der Waals surface area contributed by atoms with E-state index in [9.17, 15) is 0 Å². The number of nitrogens with zero attached hydrogens (tertiary/aromatic N) is 1. The second kappa shape index (κ2) is 6.76. The lowest BCUT2D eigenvalue weighted by Crippen LogP contribution is -2.43. The molecular formula is C15H24N2O. The number of benzene rings is 1. The molecule has 2 rings (SSSR count). The molecule has 0 amide bonds. The molecule has 1 heterocycles. The summed E-state index contributed by atoms with van der Waals surface area (Å²) in [4.78, 5) is 2.45. The Morgan fingerprint density at radius 1 is 1.44 bits per heavy atom. The van der Waals surface area contributed by atoms with Gasteiger partial charge in [-0.2, -0.15) is 0 Å². The second-order valence-corrected chi connectivity index (χ2v) is 5.22. The van der Waals surface area contributed by atoms with Crippen molar-refractivity contribution in [2.24, 2.45) is 5.73 Å². The van der Waals surface area contributed by atoms with Gasteiger partial charge in [-0.1, -0.05) is 12.1 Å². The summed E-state index contributed by atoms with van der Waals surface area (Å²) in [6.07, 6.45) is 3.48. The zero-order chi connectivity index (χ0) is 12.8. The molecule has 0 unspecified atom stereocenters. The van der Waals surface area contributed by atoms with Gasteiger partial charge in [0, 0.05) is 19.1 Å². The van der Waals surface area contributed by atoms with Gasteiger partial charge in [0.15, 0.2) is 0 Å². The fourth-order valence-corrected chi connectivity index (χ4v) is 2.48. The Kier molecular flexibility index (Phi) is 5.02. The van der Waals surface area contributed by atoms with E-state index in [1.807, 2.05) is 12.1 Å². The van der Waals surface area contributed by atoms with E-state index in [4.69, 9.17) is 10.5 Å². The first-order valence-electron chi connectivity index (χ1n) is 6.91. The van der Waals surface area contributed by atoms with Gasteiger partial charge in [0.25, 0.3) is 0 Å². The fourth-order valence-electron chi connectivity index (χ4n) is 2.48. The Hall–Kier alpha value is -1.06. The number of hydrogen-bond donors (Lipinski definition) is 1. The lowest BCUT2D eigenvalue weighted by Gasteiger charge is -2.30. The van der Waals surface area contributed by atoms with Gasteiger partial charge in [-0.3, -0.25) is 0 Å². The van der Waals surface area contributed by atoms with Crippen molar-refractivity contribution in [1.29, 1.82) is 0 Å². The van der Waals surface area contributed by atoms with Gasteiger partial charge >= 0.3 is 0 Å². The Balaban J connectivity index is 1.64. The predicted molar refractivity (Wildman–Crippen MR) is 74.9 cm³/mol. The third-order valence-electron chi connectivity index (χ3n) is 3.42. The van der Waals surface area contributed by atoms with Crippen molar-refractivity contribution < 1.29 is 4.74 Å². The van der Waals surface area contributed by atoms with Crippen LogP contribution in [-0.2, 0) is 0 Å². The smallest absolute Gasteiger partial charge is 0.119 e. The molecule has 0 aromatic heterocycles. The van der Waals surface area contributed by atoms with Crippen molar-refractivity contribution in [3.05, 3.63) is 29.8 Å². The maximum Gasteiger partial charge on any atom is 0.119 e. The van der Waals surface area contributed by atoms with Gasteiger partial charge < -0.3 is 15.4 Å². The third-order valence-corrected chi connectivity index (χ3v) is 3.42. The van der Waals surface area contributed by atoms with E-state index in [0.29, 0.717) is 6.04 Å². The number of rotatable bonds is 5. The summed E-state index contributed by atoms with van der Waals surface area (Å²) in [5.74, 6) is 0.977. The summed E-state index contributed by atoms with van der Waals surface area (Å²) < 4.78 is 5.75. The van der Waals surface area contributed by atoms with Crippen molar-refractivity contribution in [2.45, 2.75) is 32.2 Å². The minimum Gasteiger partial charge on any atom is -0.494 e. The molecule has 3 heteroatoms. The van der Waals surface area contributed by atoms with E-state index >= 15 is 0 Å². The Bertz CT molecular complexity index is 367. The summed E-state index contributed by atoms with van der Waals surface area (Å²) >= 11 is 0. The number of hydrogen-bond acceptors (Lipinski definition) is 3. The van der Waals surface area contributed by atoms with Gasteiger partial charge in [0.1, 0.15) is 5.75 Å². The first-order chi connectivity index (χ1) is 8.74. The first-order valence-corrected chi connectivity index (χ1v) is 6.91. The number of aryl methyl sites for hydroxylation is 1. The van der Waals surface area contributed by atoms with Crippen molar-refractivity contribution in [3.63, 3.8) is 0 Å². The van der Waals surface area contributed by atoms with Crippen LogP contribution in [0.5, 0.6) is 5.75 Å². The van der Waals surface area contributed by atoms with Crippen LogP contribution in [0.4, 0.5) is 0 Å². The van der Waals surface area contributed by atoms with Crippen molar-refractivity contribution >= 4 is 0 Å². The van der Waals surface area contributed by atoms with Gasteiger partial charge in [0.05, 0.1) is 6.61 Å². The molecule has 18 heavy (non-hydrogen) atoms. The lowest BCUT2D eigenvalue weighted by molar-refractivity contribution is 0.190. The van der Waals surface area contributed by atoms with Crippen LogP contribution in [0.25, 0.3) is 0 Å². The number of nitrogens with two attached hydrogens (primary N) is 1. The Labute approximate surface area is 110 Å². The molecule has 0 aliphatic carbocycles. The zero-order valence-electron chi connectivity index (χ0n) is 11.3. The third kappa shape index (κ3) is 4.31. The van der Waals surface area contributed by atoms with Crippen molar-refractivity contribution in [1.82, 2.24) is 4.90 Å². The predicted octanol–water partition coefficient (Wildman–Crippen LogP) is 2.19. The maximum atomic E-state index is 5.96. The number of piperidine rings is 1. The molecule has 1 fully saturated rings. The molecule has 100 valence electrons. The highest BCUT2D eigenvalue weighted by Gasteiger charge is 2.15. The average molecular weight is 248 g/mol. The van der Waals surface area contributed by atoms with Gasteiger partial charge in [-0.25, -0.2) is 0 Å². The monoisotopic (exact) mass is 248 g/mol. The molecule has 1 aromatic rings. The SMILES string of the molecule is Cc1cccc(OCCCN2CCC[C@@H](N)C2)c1. The van der Waals surface area contributed by atoms with Crippen LogP contribution in [0.2, 0.25) is 0 Å². The normalized spacial score (nSPS) is 20.9.